The molecule has 1 aromatic carbocycles. The van der Waals surface area contributed by atoms with Crippen molar-refractivity contribution in [2.45, 2.75) is 20.8 Å². The van der Waals surface area contributed by atoms with E-state index in [0.29, 0.717) is 5.92 Å². The molecule has 0 saturated heterocycles. The van der Waals surface area contributed by atoms with Crippen LogP contribution < -0.4 is 0 Å². The average Bonchev–Trinajstić information content (AvgIpc) is 2.79. The van der Waals surface area contributed by atoms with Crippen LogP contribution in [0.3, 0.4) is 0 Å². The second kappa shape index (κ2) is 9.57. The molecule has 0 heteroatoms. The number of rotatable bonds is 4. The van der Waals surface area contributed by atoms with Gasteiger partial charge in [0.2, 0.25) is 0 Å². The molecule has 0 aliphatic heterocycles. The van der Waals surface area contributed by atoms with Crippen LogP contribution in [0.2, 0.25) is 0 Å². The molecule has 0 heterocycles. The Morgan fingerprint density at radius 3 is 2.59 bits per heavy atom. The van der Waals surface area contributed by atoms with Gasteiger partial charge in [0.1, 0.15) is 0 Å². The maximum absolute atomic E-state index is 3.87. The summed E-state index contributed by atoms with van der Waals surface area (Å²) in [7, 11) is 0. The summed E-state index contributed by atoms with van der Waals surface area (Å²) < 4.78 is 0. The van der Waals surface area contributed by atoms with E-state index in [2.05, 4.69) is 74.7 Å². The van der Waals surface area contributed by atoms with Crippen LogP contribution in [0.25, 0.3) is 11.1 Å². The van der Waals surface area contributed by atoms with Crippen LogP contribution in [0.5, 0.6) is 0 Å². The van der Waals surface area contributed by atoms with E-state index in [4.69, 9.17) is 0 Å². The van der Waals surface area contributed by atoms with Crippen molar-refractivity contribution in [2.75, 3.05) is 0 Å². The van der Waals surface area contributed by atoms with E-state index in [-0.39, 0.29) is 0 Å². The molecule has 1 aliphatic carbocycles. The molecule has 1 atom stereocenters. The molecule has 0 nitrogen and oxygen atoms in total. The predicted molar refractivity (Wildman–Crippen MR) is 102 cm³/mol. The maximum Gasteiger partial charge on any atom is -0.00754 e. The third kappa shape index (κ3) is 4.89. The van der Waals surface area contributed by atoms with Crippen LogP contribution in [0, 0.1) is 5.92 Å². The summed E-state index contributed by atoms with van der Waals surface area (Å²) in [5.41, 5.74) is 4.70. The Morgan fingerprint density at radius 1 is 1.14 bits per heavy atom. The molecule has 1 unspecified atom stereocenters. The lowest BCUT2D eigenvalue weighted by Gasteiger charge is -2.07. The minimum absolute atomic E-state index is 0.483. The van der Waals surface area contributed by atoms with Gasteiger partial charge in [0.15, 0.2) is 0 Å². The second-order valence-corrected chi connectivity index (χ2v) is 4.87. The molecule has 2 rings (SSSR count). The van der Waals surface area contributed by atoms with Crippen molar-refractivity contribution < 1.29 is 0 Å². The lowest BCUT2D eigenvalue weighted by molar-refractivity contribution is 0.943. The van der Waals surface area contributed by atoms with Gasteiger partial charge >= 0.3 is 0 Å². The second-order valence-electron chi connectivity index (χ2n) is 4.87. The fourth-order valence-electron chi connectivity index (χ4n) is 2.19. The third-order valence-electron chi connectivity index (χ3n) is 3.32. The summed E-state index contributed by atoms with van der Waals surface area (Å²) in [6.45, 7) is 13.8. The zero-order chi connectivity index (χ0) is 16.4. The number of allylic oxidation sites excluding steroid dienone is 10. The van der Waals surface area contributed by atoms with E-state index in [1.54, 1.807) is 6.08 Å². The Hall–Kier alpha value is -2.34. The van der Waals surface area contributed by atoms with Crippen molar-refractivity contribution in [1.29, 1.82) is 0 Å². The highest BCUT2D eigenvalue weighted by atomic mass is 14.1. The van der Waals surface area contributed by atoms with Gasteiger partial charge in [-0.05, 0) is 34.3 Å². The largest absolute Gasteiger partial charge is 0.0990 e. The highest BCUT2D eigenvalue weighted by Crippen LogP contribution is 2.24. The predicted octanol–water partition coefficient (Wildman–Crippen LogP) is 6.61. The van der Waals surface area contributed by atoms with Gasteiger partial charge in [0.25, 0.3) is 0 Å². The third-order valence-corrected chi connectivity index (χ3v) is 3.32. The Morgan fingerprint density at radius 2 is 1.91 bits per heavy atom. The summed E-state index contributed by atoms with van der Waals surface area (Å²) in [6.07, 6.45) is 16.5. The van der Waals surface area contributed by atoms with Crippen LogP contribution in [0.4, 0.5) is 0 Å². The number of hydrogen-bond donors (Lipinski definition) is 0. The summed E-state index contributed by atoms with van der Waals surface area (Å²) in [4.78, 5) is 0. The van der Waals surface area contributed by atoms with Crippen LogP contribution >= 0.6 is 0 Å². The van der Waals surface area contributed by atoms with Gasteiger partial charge in [-0.3, -0.25) is 0 Å². The summed E-state index contributed by atoms with van der Waals surface area (Å²) in [5, 5.41) is 0. The zero-order valence-corrected chi connectivity index (χ0v) is 13.9. The number of benzene rings is 1. The SMILES string of the molecule is C=C/C=C(\C=C)c1cccc(C2=CC=CC(C)C=C2)c1.CC. The molecule has 0 spiro atoms. The van der Waals surface area contributed by atoms with Gasteiger partial charge in [-0.15, -0.1) is 0 Å². The lowest BCUT2D eigenvalue weighted by Crippen LogP contribution is -1.86. The molecule has 1 aliphatic rings. The minimum Gasteiger partial charge on any atom is -0.0990 e. The molecule has 114 valence electrons. The van der Waals surface area contributed by atoms with Crippen molar-refractivity contribution in [3.05, 3.63) is 97.2 Å². The Labute approximate surface area is 135 Å². The number of hydrogen-bond acceptors (Lipinski definition) is 0. The van der Waals surface area contributed by atoms with E-state index in [0.717, 1.165) is 11.1 Å². The molecule has 0 amide bonds. The molecule has 0 aromatic heterocycles. The van der Waals surface area contributed by atoms with Gasteiger partial charge in [0, 0.05) is 0 Å². The van der Waals surface area contributed by atoms with E-state index < -0.39 is 0 Å². The van der Waals surface area contributed by atoms with Gasteiger partial charge in [-0.2, -0.15) is 0 Å². The van der Waals surface area contributed by atoms with E-state index in [9.17, 15) is 0 Å². The monoisotopic (exact) mass is 290 g/mol. The van der Waals surface area contributed by atoms with Crippen LogP contribution in [-0.2, 0) is 0 Å². The Balaban J connectivity index is 0.00000116. The quantitative estimate of drug-likeness (QED) is 0.547. The van der Waals surface area contributed by atoms with E-state index >= 15 is 0 Å². The first-order valence-corrected chi connectivity index (χ1v) is 7.87. The first-order chi connectivity index (χ1) is 10.7. The summed E-state index contributed by atoms with van der Waals surface area (Å²) in [5.74, 6) is 0.483. The fourth-order valence-corrected chi connectivity index (χ4v) is 2.19. The molecule has 0 bridgehead atoms. The summed E-state index contributed by atoms with van der Waals surface area (Å²) in [6, 6.07) is 8.51. The van der Waals surface area contributed by atoms with Crippen LogP contribution in [0.15, 0.2) is 86.0 Å². The first kappa shape index (κ1) is 17.7. The molecule has 22 heavy (non-hydrogen) atoms. The molecule has 0 N–H and O–H groups in total. The fraction of sp³-hybridized carbons (Fsp3) is 0.182. The van der Waals surface area contributed by atoms with Crippen molar-refractivity contribution in [2.24, 2.45) is 5.92 Å². The van der Waals surface area contributed by atoms with Crippen molar-refractivity contribution in [3.63, 3.8) is 0 Å². The normalized spacial score (nSPS) is 17.0. The van der Waals surface area contributed by atoms with Gasteiger partial charge < -0.3 is 0 Å². The minimum atomic E-state index is 0.483. The highest BCUT2D eigenvalue weighted by Gasteiger charge is 2.03. The van der Waals surface area contributed by atoms with Gasteiger partial charge in [-0.25, -0.2) is 0 Å². The standard InChI is InChI=1S/C20H20.C2H6/c1-4-8-17(5-2)19-11-7-12-20(15-19)18-10-6-9-16(3)13-14-18;1-2/h4-16H,1-2H2,3H3;1-2H3/b17-8+;. The molecule has 0 fully saturated rings. The molecular weight excluding hydrogens is 264 g/mol. The van der Waals surface area contributed by atoms with E-state index in [1.807, 2.05) is 26.0 Å². The maximum atomic E-state index is 3.87. The van der Waals surface area contributed by atoms with Crippen molar-refractivity contribution in [3.8, 4) is 0 Å². The van der Waals surface area contributed by atoms with E-state index in [1.165, 1.54) is 11.1 Å². The Kier molecular flexibility index (Phi) is 7.70. The molecule has 0 saturated carbocycles. The molecule has 0 radical (unpaired) electrons. The topological polar surface area (TPSA) is 0 Å². The molecule has 1 aromatic rings. The average molecular weight is 290 g/mol. The highest BCUT2D eigenvalue weighted by molar-refractivity contribution is 5.81. The van der Waals surface area contributed by atoms with Crippen molar-refractivity contribution >= 4 is 11.1 Å². The first-order valence-electron chi connectivity index (χ1n) is 7.87. The van der Waals surface area contributed by atoms with Gasteiger partial charge in [-0.1, -0.05) is 101 Å². The summed E-state index contributed by atoms with van der Waals surface area (Å²) >= 11 is 0. The van der Waals surface area contributed by atoms with Crippen LogP contribution in [-0.4, -0.2) is 0 Å². The van der Waals surface area contributed by atoms with Crippen LogP contribution in [0.1, 0.15) is 31.9 Å². The Bertz CT molecular complexity index is 621. The lowest BCUT2D eigenvalue weighted by atomic mass is 9.98. The smallest absolute Gasteiger partial charge is 0.00754 e. The molecular formula is C22H26. The van der Waals surface area contributed by atoms with Crippen molar-refractivity contribution in [1.82, 2.24) is 0 Å². The van der Waals surface area contributed by atoms with Gasteiger partial charge in [0.05, 0.1) is 0 Å². The zero-order valence-electron chi connectivity index (χ0n) is 13.9.